The number of benzene rings is 1. The van der Waals surface area contributed by atoms with Crippen LogP contribution in [0, 0.1) is 17.0 Å². The van der Waals surface area contributed by atoms with Gasteiger partial charge in [-0.3, -0.25) is 16.0 Å². The van der Waals surface area contributed by atoms with Gasteiger partial charge in [-0.05, 0) is 13.0 Å². The Morgan fingerprint density at radius 2 is 2.11 bits per heavy atom. The third-order valence-corrected chi connectivity index (χ3v) is 2.44. The van der Waals surface area contributed by atoms with E-state index in [0.717, 1.165) is 5.69 Å². The lowest BCUT2D eigenvalue weighted by Gasteiger charge is -2.06. The molecule has 2 rings (SSSR count). The molecule has 0 saturated carbocycles. The zero-order chi connectivity index (χ0) is 13.8. The summed E-state index contributed by atoms with van der Waals surface area (Å²) in [7, 11) is 0. The predicted octanol–water partition coefficient (Wildman–Crippen LogP) is 1.79. The number of nitrogen functional groups attached to an aromatic ring is 1. The largest absolute Gasteiger partial charge is 0.377 e. The lowest BCUT2D eigenvalue weighted by atomic mass is 10.2. The molecule has 4 N–H and O–H groups in total. The zero-order valence-corrected chi connectivity index (χ0v) is 10.2. The summed E-state index contributed by atoms with van der Waals surface area (Å²) in [6.07, 6.45) is 0. The molecule has 0 atom stereocenters. The number of nitrogens with one attached hydrogen (secondary N) is 2. The number of non-ortho nitro benzene ring substituents is 1. The quantitative estimate of drug-likeness (QED) is 0.427. The highest BCUT2D eigenvalue weighted by Crippen LogP contribution is 2.24. The van der Waals surface area contributed by atoms with Crippen LogP contribution < -0.4 is 16.6 Å². The monoisotopic (exact) mass is 263 g/mol. The Hall–Kier alpha value is -2.61. The number of nitrogens with two attached hydrogens (primary N) is 1. The summed E-state index contributed by atoms with van der Waals surface area (Å²) >= 11 is 0. The van der Waals surface area contributed by atoms with Gasteiger partial charge in [-0.25, -0.2) is 0 Å². The fraction of sp³-hybridized carbons (Fsp3) is 0.182. The van der Waals surface area contributed by atoms with Crippen molar-refractivity contribution in [2.45, 2.75) is 13.5 Å². The number of anilines is 2. The second-order valence-corrected chi connectivity index (χ2v) is 3.96. The summed E-state index contributed by atoms with van der Waals surface area (Å²) in [4.78, 5) is 10.3. The smallest absolute Gasteiger partial charge is 0.273 e. The predicted molar refractivity (Wildman–Crippen MR) is 69.5 cm³/mol. The molecule has 1 heterocycles. The first-order valence-electron chi connectivity index (χ1n) is 5.50. The molecule has 100 valence electrons. The highest BCUT2D eigenvalue weighted by Gasteiger charge is 2.10. The van der Waals surface area contributed by atoms with Crippen molar-refractivity contribution in [1.29, 1.82) is 0 Å². The fourth-order valence-corrected chi connectivity index (χ4v) is 1.59. The van der Waals surface area contributed by atoms with Gasteiger partial charge in [0.1, 0.15) is 0 Å². The minimum atomic E-state index is -0.482. The second kappa shape index (κ2) is 5.36. The number of nitro groups is 1. The van der Waals surface area contributed by atoms with Crippen LogP contribution >= 0.6 is 0 Å². The number of aryl methyl sites for hydroxylation is 1. The van der Waals surface area contributed by atoms with Gasteiger partial charge in [-0.2, -0.15) is 0 Å². The van der Waals surface area contributed by atoms with Crippen LogP contribution in [-0.2, 0) is 6.54 Å². The summed E-state index contributed by atoms with van der Waals surface area (Å²) in [6, 6.07) is 6.22. The zero-order valence-electron chi connectivity index (χ0n) is 10.2. The molecule has 0 bridgehead atoms. The van der Waals surface area contributed by atoms with Crippen molar-refractivity contribution in [3.05, 3.63) is 45.8 Å². The topological polar surface area (TPSA) is 119 Å². The van der Waals surface area contributed by atoms with E-state index in [1.807, 2.05) is 6.92 Å². The lowest BCUT2D eigenvalue weighted by Crippen LogP contribution is -2.08. The lowest BCUT2D eigenvalue weighted by molar-refractivity contribution is -0.384. The molecule has 0 aliphatic rings. The summed E-state index contributed by atoms with van der Waals surface area (Å²) in [5.74, 6) is 5.91. The average Bonchev–Trinajstić information content (AvgIpc) is 2.81. The Kier molecular flexibility index (Phi) is 3.62. The minimum Gasteiger partial charge on any atom is -0.377 e. The summed E-state index contributed by atoms with van der Waals surface area (Å²) < 4.78 is 5.03. The van der Waals surface area contributed by atoms with E-state index in [1.54, 1.807) is 12.1 Å². The highest BCUT2D eigenvalue weighted by molar-refractivity contribution is 5.63. The van der Waals surface area contributed by atoms with Gasteiger partial charge >= 0.3 is 0 Å². The van der Waals surface area contributed by atoms with Crippen LogP contribution in [0.4, 0.5) is 17.1 Å². The maximum atomic E-state index is 10.8. The van der Waals surface area contributed by atoms with Gasteiger partial charge in [0.25, 0.3) is 5.69 Å². The standard InChI is InChI=1S/C11H13N5O3/c1-7-2-11(19-15-7)6-13-8-3-9(14-12)5-10(4-8)16(17)18/h2-5,13-14H,6,12H2,1H3. The van der Waals surface area contributed by atoms with Gasteiger partial charge in [0, 0.05) is 23.9 Å². The molecule has 2 aromatic rings. The van der Waals surface area contributed by atoms with Gasteiger partial charge in [-0.15, -0.1) is 0 Å². The second-order valence-electron chi connectivity index (χ2n) is 3.96. The molecule has 8 nitrogen and oxygen atoms in total. The Labute approximate surface area is 108 Å². The maximum Gasteiger partial charge on any atom is 0.273 e. The summed E-state index contributed by atoms with van der Waals surface area (Å²) in [6.45, 7) is 2.20. The molecule has 0 amide bonds. The van der Waals surface area contributed by atoms with Crippen LogP contribution in [-0.4, -0.2) is 10.1 Å². The molecule has 1 aromatic heterocycles. The number of hydrogen-bond acceptors (Lipinski definition) is 7. The molecular formula is C11H13N5O3. The van der Waals surface area contributed by atoms with Crippen molar-refractivity contribution in [3.8, 4) is 0 Å². The van der Waals surface area contributed by atoms with Crippen molar-refractivity contribution >= 4 is 17.1 Å². The number of nitrogens with zero attached hydrogens (tertiary/aromatic N) is 2. The average molecular weight is 263 g/mol. The van der Waals surface area contributed by atoms with Gasteiger partial charge in [0.15, 0.2) is 5.76 Å². The van der Waals surface area contributed by atoms with E-state index in [4.69, 9.17) is 10.4 Å². The summed E-state index contributed by atoms with van der Waals surface area (Å²) in [5.41, 5.74) is 4.13. The van der Waals surface area contributed by atoms with Gasteiger partial charge in [0.05, 0.1) is 22.8 Å². The van der Waals surface area contributed by atoms with Crippen molar-refractivity contribution in [1.82, 2.24) is 5.16 Å². The first-order chi connectivity index (χ1) is 9.08. The number of aromatic nitrogens is 1. The Bertz CT molecular complexity index is 596. The van der Waals surface area contributed by atoms with E-state index in [9.17, 15) is 10.1 Å². The maximum absolute atomic E-state index is 10.8. The van der Waals surface area contributed by atoms with E-state index < -0.39 is 4.92 Å². The molecule has 1 aromatic carbocycles. The van der Waals surface area contributed by atoms with Gasteiger partial charge in [-0.1, -0.05) is 5.16 Å². The molecule has 0 saturated heterocycles. The molecule has 0 radical (unpaired) electrons. The number of rotatable bonds is 5. The molecule has 0 spiro atoms. The Balaban J connectivity index is 2.15. The molecule has 0 aliphatic carbocycles. The van der Waals surface area contributed by atoms with Crippen LogP contribution in [0.5, 0.6) is 0 Å². The molecule has 0 fully saturated rings. The van der Waals surface area contributed by atoms with Crippen molar-refractivity contribution in [2.75, 3.05) is 10.7 Å². The molecular weight excluding hydrogens is 250 g/mol. The van der Waals surface area contributed by atoms with Crippen molar-refractivity contribution < 1.29 is 9.45 Å². The third-order valence-electron chi connectivity index (χ3n) is 2.44. The van der Waals surface area contributed by atoms with E-state index in [0.29, 0.717) is 23.7 Å². The van der Waals surface area contributed by atoms with Crippen molar-refractivity contribution in [3.63, 3.8) is 0 Å². The summed E-state index contributed by atoms with van der Waals surface area (Å²) in [5, 5.41) is 17.5. The number of hydrazine groups is 1. The Morgan fingerprint density at radius 1 is 1.37 bits per heavy atom. The Morgan fingerprint density at radius 3 is 2.68 bits per heavy atom. The van der Waals surface area contributed by atoms with Gasteiger partial charge < -0.3 is 15.3 Å². The minimum absolute atomic E-state index is 0.0494. The van der Waals surface area contributed by atoms with Gasteiger partial charge in [0.2, 0.25) is 0 Å². The van der Waals surface area contributed by atoms with Crippen LogP contribution in [0.3, 0.4) is 0 Å². The van der Waals surface area contributed by atoms with E-state index in [2.05, 4.69) is 15.9 Å². The molecule has 8 heteroatoms. The molecule has 0 unspecified atom stereocenters. The normalized spacial score (nSPS) is 10.2. The fourth-order valence-electron chi connectivity index (χ4n) is 1.59. The number of nitro benzene ring substituents is 1. The van der Waals surface area contributed by atoms with Crippen LogP contribution in [0.1, 0.15) is 11.5 Å². The third kappa shape index (κ3) is 3.19. The van der Waals surface area contributed by atoms with Crippen molar-refractivity contribution in [2.24, 2.45) is 5.84 Å². The first kappa shape index (κ1) is 12.8. The van der Waals surface area contributed by atoms with E-state index >= 15 is 0 Å². The van der Waals surface area contributed by atoms with E-state index in [1.165, 1.54) is 12.1 Å². The van der Waals surface area contributed by atoms with Crippen LogP contribution in [0.2, 0.25) is 0 Å². The van der Waals surface area contributed by atoms with Crippen LogP contribution in [0.15, 0.2) is 28.8 Å². The SMILES string of the molecule is Cc1cc(CNc2cc(NN)cc([N+](=O)[O-])c2)on1. The first-order valence-corrected chi connectivity index (χ1v) is 5.50. The molecule has 19 heavy (non-hydrogen) atoms. The van der Waals surface area contributed by atoms with E-state index in [-0.39, 0.29) is 5.69 Å². The highest BCUT2D eigenvalue weighted by atomic mass is 16.6. The molecule has 0 aliphatic heterocycles. The number of hydrogen-bond donors (Lipinski definition) is 3. The van der Waals surface area contributed by atoms with Crippen LogP contribution in [0.25, 0.3) is 0 Å².